The van der Waals surface area contributed by atoms with Crippen molar-refractivity contribution in [3.63, 3.8) is 0 Å². The molecule has 0 rings (SSSR count). The lowest BCUT2D eigenvalue weighted by molar-refractivity contribution is 0.0484. The molecule has 0 bridgehead atoms. The highest BCUT2D eigenvalue weighted by molar-refractivity contribution is 7.80. The number of aliphatic hydroxyl groups is 1. The molecule has 0 aromatic carbocycles. The maximum atomic E-state index is 11.4. The predicted molar refractivity (Wildman–Crippen MR) is 63.3 cm³/mol. The minimum Gasteiger partial charge on any atom is -0.500 e. The van der Waals surface area contributed by atoms with Gasteiger partial charge in [0.1, 0.15) is 11.1 Å². The molecule has 0 aliphatic carbocycles. The molecule has 0 aliphatic rings. The van der Waals surface area contributed by atoms with Crippen molar-refractivity contribution in [2.75, 3.05) is 0 Å². The van der Waals surface area contributed by atoms with Crippen molar-refractivity contribution < 1.29 is 14.6 Å². The van der Waals surface area contributed by atoms with Crippen LogP contribution in [0.5, 0.6) is 0 Å². The van der Waals surface area contributed by atoms with Crippen LogP contribution in [0.2, 0.25) is 0 Å². The van der Waals surface area contributed by atoms with E-state index >= 15 is 0 Å². The molecule has 0 aromatic rings. The molecule has 88 valence electrons. The summed E-state index contributed by atoms with van der Waals surface area (Å²) in [7, 11) is 0. The average Bonchev–Trinajstić information content (AvgIpc) is 1.99. The van der Waals surface area contributed by atoms with Gasteiger partial charge in [0.05, 0.1) is 0 Å². The van der Waals surface area contributed by atoms with Crippen molar-refractivity contribution in [2.24, 2.45) is 0 Å². The number of nitrogens with one attached hydrogen (secondary N) is 1. The number of amides is 1. The maximum absolute atomic E-state index is 11.4. The molecule has 2 N–H and O–H groups in total. The molecule has 5 heteroatoms. The summed E-state index contributed by atoms with van der Waals surface area (Å²) in [5, 5.41) is 11.6. The van der Waals surface area contributed by atoms with Gasteiger partial charge in [0, 0.05) is 0 Å². The lowest BCUT2D eigenvalue weighted by Gasteiger charge is -2.29. The van der Waals surface area contributed by atoms with E-state index in [9.17, 15) is 9.90 Å². The Bertz CT molecular complexity index is 260. The van der Waals surface area contributed by atoms with Gasteiger partial charge in [0.2, 0.25) is 0 Å². The molecular weight excluding hydrogens is 214 g/mol. The summed E-state index contributed by atoms with van der Waals surface area (Å²) in [5.74, 6) is 0. The van der Waals surface area contributed by atoms with E-state index in [1.54, 1.807) is 27.7 Å². The summed E-state index contributed by atoms with van der Waals surface area (Å²) in [6.45, 7) is 8.78. The fraction of sp³-hybridized carbons (Fsp3) is 0.800. The van der Waals surface area contributed by atoms with Gasteiger partial charge >= 0.3 is 6.09 Å². The van der Waals surface area contributed by atoms with Crippen LogP contribution >= 0.6 is 12.2 Å². The molecule has 0 spiro atoms. The number of alkyl carbamates (subject to hydrolysis) is 1. The summed E-state index contributed by atoms with van der Waals surface area (Å²) >= 11 is 4.67. The van der Waals surface area contributed by atoms with E-state index in [1.807, 2.05) is 6.92 Å². The van der Waals surface area contributed by atoms with Crippen molar-refractivity contribution in [1.29, 1.82) is 0 Å². The number of aliphatic hydroxyl groups excluding tert-OH is 1. The van der Waals surface area contributed by atoms with E-state index in [2.05, 4.69) is 17.5 Å². The number of ether oxygens (including phenoxy) is 1. The molecule has 0 fully saturated rings. The summed E-state index contributed by atoms with van der Waals surface area (Å²) in [4.78, 5) is 11.4. The zero-order valence-corrected chi connectivity index (χ0v) is 10.7. The van der Waals surface area contributed by atoms with Gasteiger partial charge in [-0.05, 0) is 46.3 Å². The van der Waals surface area contributed by atoms with Crippen LogP contribution in [0.15, 0.2) is 0 Å². The first-order valence-corrected chi connectivity index (χ1v) is 5.26. The third-order valence-electron chi connectivity index (χ3n) is 1.96. The Balaban J connectivity index is 4.45. The summed E-state index contributed by atoms with van der Waals surface area (Å²) in [6.07, 6.45) is -0.0788. The lowest BCUT2D eigenvalue weighted by Crippen LogP contribution is -2.52. The number of carbonyl (C=O) groups is 1. The first-order chi connectivity index (χ1) is 6.60. The van der Waals surface area contributed by atoms with E-state index in [0.29, 0.717) is 6.42 Å². The van der Waals surface area contributed by atoms with Crippen LogP contribution in [-0.2, 0) is 4.74 Å². The number of hydrogen-bond acceptors (Lipinski definition) is 3. The van der Waals surface area contributed by atoms with Crippen molar-refractivity contribution in [3.05, 3.63) is 0 Å². The van der Waals surface area contributed by atoms with E-state index < -0.39 is 17.2 Å². The van der Waals surface area contributed by atoms with Gasteiger partial charge in [-0.3, -0.25) is 0 Å². The van der Waals surface area contributed by atoms with Gasteiger partial charge in [0.15, 0.2) is 5.05 Å². The smallest absolute Gasteiger partial charge is 0.408 e. The first kappa shape index (κ1) is 14.2. The minimum absolute atomic E-state index is 0.240. The molecule has 15 heavy (non-hydrogen) atoms. The zero-order chi connectivity index (χ0) is 12.3. The molecular formula is C10H19NO3S. The second-order valence-electron chi connectivity index (χ2n) is 4.62. The van der Waals surface area contributed by atoms with Crippen molar-refractivity contribution in [2.45, 2.75) is 52.2 Å². The second-order valence-corrected chi connectivity index (χ2v) is 5.00. The van der Waals surface area contributed by atoms with Gasteiger partial charge in [-0.25, -0.2) is 4.79 Å². The maximum Gasteiger partial charge on any atom is 0.408 e. The Kier molecular flexibility index (Phi) is 4.52. The average molecular weight is 233 g/mol. The first-order valence-electron chi connectivity index (χ1n) is 4.85. The van der Waals surface area contributed by atoms with Crippen LogP contribution in [-0.4, -0.2) is 27.4 Å². The Morgan fingerprint density at radius 3 is 2.13 bits per heavy atom. The second kappa shape index (κ2) is 4.79. The van der Waals surface area contributed by atoms with Crippen LogP contribution in [0.4, 0.5) is 4.79 Å². The van der Waals surface area contributed by atoms with Crippen LogP contribution in [0.3, 0.4) is 0 Å². The molecule has 0 saturated carbocycles. The van der Waals surface area contributed by atoms with Gasteiger partial charge in [-0.2, -0.15) is 0 Å². The predicted octanol–water partition coefficient (Wildman–Crippen LogP) is 2.57. The van der Waals surface area contributed by atoms with Crippen molar-refractivity contribution >= 4 is 23.4 Å². The third kappa shape index (κ3) is 4.97. The zero-order valence-electron chi connectivity index (χ0n) is 9.88. The Morgan fingerprint density at radius 2 is 1.87 bits per heavy atom. The molecule has 1 atom stereocenters. The highest BCUT2D eigenvalue weighted by Gasteiger charge is 2.31. The molecule has 0 aromatic heterocycles. The number of hydrogen-bond donors (Lipinski definition) is 2. The largest absolute Gasteiger partial charge is 0.500 e. The quantitative estimate of drug-likeness (QED) is 0.735. The monoisotopic (exact) mass is 233 g/mol. The van der Waals surface area contributed by atoms with E-state index in [0.717, 1.165) is 0 Å². The number of rotatable bonds is 3. The van der Waals surface area contributed by atoms with Gasteiger partial charge < -0.3 is 15.2 Å². The minimum atomic E-state index is -0.905. The fourth-order valence-corrected chi connectivity index (χ4v) is 1.02. The van der Waals surface area contributed by atoms with Crippen LogP contribution in [0, 0.1) is 0 Å². The molecule has 0 aliphatic heterocycles. The lowest BCUT2D eigenvalue weighted by atomic mass is 10.0. The molecule has 0 unspecified atom stereocenters. The molecule has 1 amide bonds. The van der Waals surface area contributed by atoms with E-state index in [1.165, 1.54) is 0 Å². The van der Waals surface area contributed by atoms with Gasteiger partial charge in [-0.1, -0.05) is 6.92 Å². The Labute approximate surface area is 96.0 Å². The van der Waals surface area contributed by atoms with Crippen LogP contribution in [0.25, 0.3) is 0 Å². The third-order valence-corrected chi connectivity index (χ3v) is 2.41. The van der Waals surface area contributed by atoms with E-state index in [-0.39, 0.29) is 5.05 Å². The fourth-order valence-electron chi connectivity index (χ4n) is 0.822. The van der Waals surface area contributed by atoms with Crippen molar-refractivity contribution in [3.8, 4) is 0 Å². The van der Waals surface area contributed by atoms with Gasteiger partial charge in [-0.15, -0.1) is 0 Å². The van der Waals surface area contributed by atoms with Crippen LogP contribution in [0.1, 0.15) is 41.0 Å². The normalized spacial score (nSPS) is 15.3. The van der Waals surface area contributed by atoms with Crippen LogP contribution < -0.4 is 5.32 Å². The summed E-state index contributed by atoms with van der Waals surface area (Å²) < 4.78 is 5.06. The summed E-state index contributed by atoms with van der Waals surface area (Å²) in [6, 6.07) is 0. The molecule has 4 nitrogen and oxygen atoms in total. The highest BCUT2D eigenvalue weighted by Crippen LogP contribution is 2.13. The molecule has 0 heterocycles. The van der Waals surface area contributed by atoms with Crippen molar-refractivity contribution in [1.82, 2.24) is 5.32 Å². The number of thiocarbonyl (C=S) groups is 1. The summed E-state index contributed by atoms with van der Waals surface area (Å²) in [5.41, 5.74) is -1.46. The molecule has 0 radical (unpaired) electrons. The SMILES string of the molecule is CC[C@@](C)(NC(=O)OC(C)(C)C)C(O)=S. The number of carbonyl (C=O) groups excluding carboxylic acids is 1. The topological polar surface area (TPSA) is 58.6 Å². The van der Waals surface area contributed by atoms with Gasteiger partial charge in [0.25, 0.3) is 0 Å². The molecule has 0 saturated heterocycles. The van der Waals surface area contributed by atoms with E-state index in [4.69, 9.17) is 4.74 Å². The standard InChI is InChI=1S/C10H19NO3S/c1-6-10(5,7(12)15)11-8(13)14-9(2,3)4/h6H2,1-5H3,(H,11,13)(H,12,15)/t10-/m1/s1. The highest BCUT2D eigenvalue weighted by atomic mass is 32.1. The Morgan fingerprint density at radius 1 is 1.40 bits per heavy atom. The Hall–Kier alpha value is -0.840.